The molecule has 1 aromatic rings. The summed E-state index contributed by atoms with van der Waals surface area (Å²) in [6, 6.07) is 5.63. The second-order valence-electron chi connectivity index (χ2n) is 5.28. The molecule has 1 rings (SSSR count). The first kappa shape index (κ1) is 15.8. The van der Waals surface area contributed by atoms with Crippen LogP contribution in [0.15, 0.2) is 22.7 Å². The van der Waals surface area contributed by atoms with Crippen LogP contribution in [0.1, 0.15) is 39.4 Å². The van der Waals surface area contributed by atoms with Crippen molar-refractivity contribution in [2.24, 2.45) is 0 Å². The van der Waals surface area contributed by atoms with Crippen molar-refractivity contribution in [1.29, 1.82) is 0 Å². The summed E-state index contributed by atoms with van der Waals surface area (Å²) < 4.78 is 11.5. The molecular formula is C14H20BrNO3. The summed E-state index contributed by atoms with van der Waals surface area (Å²) in [5.41, 5.74) is 0.499. The van der Waals surface area contributed by atoms with E-state index in [4.69, 9.17) is 9.47 Å². The number of rotatable bonds is 3. The van der Waals surface area contributed by atoms with E-state index in [1.165, 1.54) is 0 Å². The van der Waals surface area contributed by atoms with E-state index in [2.05, 4.69) is 21.2 Å². The number of amides is 1. The van der Waals surface area contributed by atoms with Gasteiger partial charge in [0.05, 0.1) is 11.6 Å². The summed E-state index contributed by atoms with van der Waals surface area (Å²) in [4.78, 5) is 11.7. The van der Waals surface area contributed by atoms with Gasteiger partial charge in [-0.25, -0.2) is 4.79 Å². The number of hydrogen-bond donors (Lipinski definition) is 1. The van der Waals surface area contributed by atoms with E-state index < -0.39 is 12.2 Å². The molecule has 0 saturated heterocycles. The van der Waals surface area contributed by atoms with Crippen LogP contribution in [0.3, 0.4) is 0 Å². The number of ether oxygens (including phenoxy) is 2. The third kappa shape index (κ3) is 4.74. The molecule has 1 aromatic carbocycles. The minimum absolute atomic E-state index is 0.321. The van der Waals surface area contributed by atoms with Gasteiger partial charge in [-0.1, -0.05) is 12.1 Å². The van der Waals surface area contributed by atoms with Gasteiger partial charge in [-0.3, -0.25) is 0 Å². The normalized spacial score (nSPS) is 12.7. The SMILES string of the molecule is COc1c(Br)cccc1[C@@H](C)OC(=O)NC(C)(C)C. The summed E-state index contributed by atoms with van der Waals surface area (Å²) in [6.45, 7) is 7.52. The van der Waals surface area contributed by atoms with Gasteiger partial charge in [-0.2, -0.15) is 0 Å². The summed E-state index contributed by atoms with van der Waals surface area (Å²) in [5.74, 6) is 0.679. The van der Waals surface area contributed by atoms with Crippen LogP contribution in [-0.2, 0) is 4.74 Å². The Labute approximate surface area is 122 Å². The van der Waals surface area contributed by atoms with Crippen LogP contribution in [0.25, 0.3) is 0 Å². The van der Waals surface area contributed by atoms with E-state index in [0.29, 0.717) is 5.75 Å². The van der Waals surface area contributed by atoms with Crippen molar-refractivity contribution in [2.75, 3.05) is 7.11 Å². The lowest BCUT2D eigenvalue weighted by atomic mass is 10.1. The first-order chi connectivity index (χ1) is 8.74. The van der Waals surface area contributed by atoms with Crippen LogP contribution >= 0.6 is 15.9 Å². The van der Waals surface area contributed by atoms with Gasteiger partial charge in [0.15, 0.2) is 0 Å². The molecular weight excluding hydrogens is 310 g/mol. The van der Waals surface area contributed by atoms with Crippen LogP contribution in [0.5, 0.6) is 5.75 Å². The highest BCUT2D eigenvalue weighted by atomic mass is 79.9. The molecule has 4 nitrogen and oxygen atoms in total. The minimum Gasteiger partial charge on any atom is -0.495 e. The number of benzene rings is 1. The molecule has 19 heavy (non-hydrogen) atoms. The topological polar surface area (TPSA) is 47.6 Å². The maximum absolute atomic E-state index is 11.7. The molecule has 0 saturated carbocycles. The monoisotopic (exact) mass is 329 g/mol. The van der Waals surface area contributed by atoms with Crippen molar-refractivity contribution in [2.45, 2.75) is 39.3 Å². The highest BCUT2D eigenvalue weighted by Crippen LogP contribution is 2.34. The van der Waals surface area contributed by atoms with Gasteiger partial charge in [0.1, 0.15) is 11.9 Å². The number of alkyl carbamates (subject to hydrolysis) is 1. The van der Waals surface area contributed by atoms with Crippen LogP contribution in [0.2, 0.25) is 0 Å². The van der Waals surface area contributed by atoms with E-state index in [1.54, 1.807) is 7.11 Å². The Bertz CT molecular complexity index is 454. The van der Waals surface area contributed by atoms with Crippen LogP contribution < -0.4 is 10.1 Å². The number of methoxy groups -OCH3 is 1. The Balaban J connectivity index is 2.81. The lowest BCUT2D eigenvalue weighted by molar-refractivity contribution is 0.0987. The standard InChI is InChI=1S/C14H20BrNO3/c1-9(19-13(17)16-14(2,3)4)10-7-6-8-11(15)12(10)18-5/h6-9H,1-5H3,(H,16,17)/t9-/m1/s1. The molecule has 0 aromatic heterocycles. The number of carbonyl (C=O) groups excluding carboxylic acids is 1. The van der Waals surface area contributed by atoms with Gasteiger partial charge < -0.3 is 14.8 Å². The fourth-order valence-electron chi connectivity index (χ4n) is 1.62. The van der Waals surface area contributed by atoms with Gasteiger partial charge in [0, 0.05) is 11.1 Å². The number of hydrogen-bond acceptors (Lipinski definition) is 3. The van der Waals surface area contributed by atoms with Crippen LogP contribution in [-0.4, -0.2) is 18.7 Å². The van der Waals surface area contributed by atoms with E-state index in [-0.39, 0.29) is 5.54 Å². The summed E-state index contributed by atoms with van der Waals surface area (Å²) >= 11 is 3.41. The molecule has 0 bridgehead atoms. The van der Waals surface area contributed by atoms with E-state index in [1.807, 2.05) is 45.9 Å². The zero-order chi connectivity index (χ0) is 14.6. The Kier molecular flexibility index (Phi) is 5.23. The number of nitrogens with one attached hydrogen (secondary N) is 1. The number of para-hydroxylation sites is 1. The first-order valence-electron chi connectivity index (χ1n) is 6.06. The first-order valence-corrected chi connectivity index (χ1v) is 6.85. The Morgan fingerprint density at radius 3 is 2.53 bits per heavy atom. The molecule has 0 unspecified atom stereocenters. The molecule has 0 aliphatic heterocycles. The average molecular weight is 330 g/mol. The second-order valence-corrected chi connectivity index (χ2v) is 6.14. The second kappa shape index (κ2) is 6.28. The molecule has 1 N–H and O–H groups in total. The maximum Gasteiger partial charge on any atom is 0.408 e. The molecule has 0 aliphatic carbocycles. The van der Waals surface area contributed by atoms with Gasteiger partial charge in [-0.05, 0) is 49.7 Å². The van der Waals surface area contributed by atoms with Crippen molar-refractivity contribution in [3.63, 3.8) is 0 Å². The summed E-state index contributed by atoms with van der Waals surface area (Å²) in [6.07, 6.45) is -0.836. The predicted octanol–water partition coefficient (Wildman–Crippen LogP) is 4.04. The number of halogens is 1. The van der Waals surface area contributed by atoms with Gasteiger partial charge >= 0.3 is 6.09 Å². The molecule has 5 heteroatoms. The van der Waals surface area contributed by atoms with Gasteiger partial charge in [-0.15, -0.1) is 0 Å². The van der Waals surface area contributed by atoms with E-state index in [9.17, 15) is 4.79 Å². The molecule has 0 radical (unpaired) electrons. The molecule has 0 heterocycles. The molecule has 0 spiro atoms. The third-order valence-corrected chi connectivity index (χ3v) is 3.02. The highest BCUT2D eigenvalue weighted by Gasteiger charge is 2.20. The van der Waals surface area contributed by atoms with Crippen molar-refractivity contribution >= 4 is 22.0 Å². The summed E-state index contributed by atoms with van der Waals surface area (Å²) in [5, 5.41) is 2.76. The Morgan fingerprint density at radius 2 is 2.00 bits per heavy atom. The Morgan fingerprint density at radius 1 is 1.37 bits per heavy atom. The minimum atomic E-state index is -0.443. The zero-order valence-electron chi connectivity index (χ0n) is 11.9. The van der Waals surface area contributed by atoms with Gasteiger partial charge in [0.2, 0.25) is 0 Å². The molecule has 1 atom stereocenters. The van der Waals surface area contributed by atoms with E-state index in [0.717, 1.165) is 10.0 Å². The third-order valence-electron chi connectivity index (χ3n) is 2.40. The lowest BCUT2D eigenvalue weighted by Crippen LogP contribution is -2.41. The van der Waals surface area contributed by atoms with E-state index >= 15 is 0 Å². The van der Waals surface area contributed by atoms with Crippen molar-refractivity contribution in [1.82, 2.24) is 5.32 Å². The fourth-order valence-corrected chi connectivity index (χ4v) is 2.16. The zero-order valence-corrected chi connectivity index (χ0v) is 13.5. The fraction of sp³-hybridized carbons (Fsp3) is 0.500. The van der Waals surface area contributed by atoms with Crippen molar-refractivity contribution < 1.29 is 14.3 Å². The van der Waals surface area contributed by atoms with Gasteiger partial charge in [0.25, 0.3) is 0 Å². The highest BCUT2D eigenvalue weighted by molar-refractivity contribution is 9.10. The largest absolute Gasteiger partial charge is 0.495 e. The van der Waals surface area contributed by atoms with Crippen LogP contribution in [0.4, 0.5) is 4.79 Å². The molecule has 106 valence electrons. The lowest BCUT2D eigenvalue weighted by Gasteiger charge is -2.23. The maximum atomic E-state index is 11.7. The molecule has 0 fully saturated rings. The van der Waals surface area contributed by atoms with Crippen molar-refractivity contribution in [3.05, 3.63) is 28.2 Å². The number of carbonyl (C=O) groups is 1. The van der Waals surface area contributed by atoms with Crippen LogP contribution in [0, 0.1) is 0 Å². The molecule has 1 amide bonds. The van der Waals surface area contributed by atoms with Crippen molar-refractivity contribution in [3.8, 4) is 5.75 Å². The summed E-state index contributed by atoms with van der Waals surface area (Å²) in [7, 11) is 1.59. The molecule has 0 aliphatic rings. The quantitative estimate of drug-likeness (QED) is 0.910. The Hall–Kier alpha value is -1.23. The predicted molar refractivity (Wildman–Crippen MR) is 78.5 cm³/mol. The average Bonchev–Trinajstić information content (AvgIpc) is 2.25. The smallest absolute Gasteiger partial charge is 0.408 e.